The van der Waals surface area contributed by atoms with Gasteiger partial charge in [-0.2, -0.15) is 0 Å². The summed E-state index contributed by atoms with van der Waals surface area (Å²) in [6.07, 6.45) is 0.506. The van der Waals surface area contributed by atoms with Crippen molar-refractivity contribution in [2.75, 3.05) is 0 Å². The van der Waals surface area contributed by atoms with Crippen LogP contribution < -0.4 is 16.8 Å². The summed E-state index contributed by atoms with van der Waals surface area (Å²) in [5.74, 6) is -0.965. The molecular weight excluding hydrogens is 266 g/mol. The highest BCUT2D eigenvalue weighted by Crippen LogP contribution is 2.11. The summed E-state index contributed by atoms with van der Waals surface area (Å²) in [5.41, 5.74) is 11.6. The number of amides is 2. The lowest BCUT2D eigenvalue weighted by Gasteiger charge is -2.17. The van der Waals surface area contributed by atoms with Crippen LogP contribution in [0.4, 0.5) is 0 Å². The van der Waals surface area contributed by atoms with E-state index >= 15 is 0 Å². The zero-order chi connectivity index (χ0) is 14.4. The summed E-state index contributed by atoms with van der Waals surface area (Å²) in [6, 6.07) is 6.40. The molecule has 2 amide bonds. The molecule has 0 saturated heterocycles. The highest BCUT2D eigenvalue weighted by atomic mass is 35.5. The number of rotatable bonds is 6. The normalized spacial score (nSPS) is 13.6. The maximum absolute atomic E-state index is 11.7. The fourth-order valence-corrected chi connectivity index (χ4v) is 1.81. The van der Waals surface area contributed by atoms with Crippen molar-refractivity contribution in [1.82, 2.24) is 5.32 Å². The van der Waals surface area contributed by atoms with E-state index in [0.717, 1.165) is 5.56 Å². The highest BCUT2D eigenvalue weighted by molar-refractivity contribution is 6.30. The minimum absolute atomic E-state index is 0.0902. The van der Waals surface area contributed by atoms with E-state index in [-0.39, 0.29) is 18.4 Å². The molecule has 6 heteroatoms. The number of primary amides is 1. The lowest BCUT2D eigenvalue weighted by Crippen LogP contribution is -2.46. The lowest BCUT2D eigenvalue weighted by molar-refractivity contribution is -0.126. The van der Waals surface area contributed by atoms with E-state index in [9.17, 15) is 9.59 Å². The second-order valence-electron chi connectivity index (χ2n) is 4.52. The molecule has 104 valence electrons. The Morgan fingerprint density at radius 2 is 1.89 bits per heavy atom. The van der Waals surface area contributed by atoms with Gasteiger partial charge in [0.2, 0.25) is 11.8 Å². The summed E-state index contributed by atoms with van der Waals surface area (Å²) >= 11 is 5.79. The second-order valence-corrected chi connectivity index (χ2v) is 4.95. The maximum atomic E-state index is 11.7. The maximum Gasteiger partial charge on any atom is 0.237 e. The summed E-state index contributed by atoms with van der Waals surface area (Å²) in [7, 11) is 0. The topological polar surface area (TPSA) is 98.2 Å². The number of halogens is 1. The minimum atomic E-state index is -0.898. The molecule has 1 aromatic rings. The van der Waals surface area contributed by atoms with Crippen molar-refractivity contribution in [3.05, 3.63) is 34.9 Å². The first kappa shape index (κ1) is 15.5. The van der Waals surface area contributed by atoms with Gasteiger partial charge in [0.15, 0.2) is 0 Å². The van der Waals surface area contributed by atoms with E-state index in [1.54, 1.807) is 12.1 Å². The Bertz CT molecular complexity index is 448. The van der Waals surface area contributed by atoms with Crippen LogP contribution in [0.25, 0.3) is 0 Å². The van der Waals surface area contributed by atoms with Crippen molar-refractivity contribution in [2.45, 2.75) is 31.8 Å². The standard InChI is InChI=1S/C13H18ClN3O2/c1-8(6-9-2-4-10(14)5-3-9)17-13(19)11(15)7-12(16)18/h2-5,8,11H,6-7,15H2,1H3,(H2,16,18)(H,17,19). The molecule has 0 aliphatic rings. The first-order valence-corrected chi connectivity index (χ1v) is 6.35. The Kier molecular flexibility index (Phi) is 5.79. The molecule has 0 aliphatic heterocycles. The third-order valence-corrected chi connectivity index (χ3v) is 2.85. The predicted octanol–water partition coefficient (Wildman–Crippen LogP) is 0.590. The molecule has 2 unspecified atom stereocenters. The van der Waals surface area contributed by atoms with Crippen LogP contribution in [0.15, 0.2) is 24.3 Å². The van der Waals surface area contributed by atoms with Crippen molar-refractivity contribution in [3.63, 3.8) is 0 Å². The van der Waals surface area contributed by atoms with Gasteiger partial charge in [-0.15, -0.1) is 0 Å². The van der Waals surface area contributed by atoms with E-state index in [4.69, 9.17) is 23.1 Å². The van der Waals surface area contributed by atoms with Crippen LogP contribution in [0.3, 0.4) is 0 Å². The van der Waals surface area contributed by atoms with E-state index in [1.807, 2.05) is 19.1 Å². The molecule has 0 spiro atoms. The van der Waals surface area contributed by atoms with Crippen LogP contribution in [0.2, 0.25) is 5.02 Å². The van der Waals surface area contributed by atoms with E-state index in [2.05, 4.69) is 5.32 Å². The average Bonchev–Trinajstić information content (AvgIpc) is 2.31. The molecule has 19 heavy (non-hydrogen) atoms. The van der Waals surface area contributed by atoms with Gasteiger partial charge in [0.1, 0.15) is 0 Å². The van der Waals surface area contributed by atoms with Crippen molar-refractivity contribution < 1.29 is 9.59 Å². The van der Waals surface area contributed by atoms with Crippen molar-refractivity contribution in [2.24, 2.45) is 11.5 Å². The zero-order valence-corrected chi connectivity index (χ0v) is 11.5. The molecule has 0 heterocycles. The van der Waals surface area contributed by atoms with Crippen LogP contribution in [-0.2, 0) is 16.0 Å². The van der Waals surface area contributed by atoms with Gasteiger partial charge in [0.25, 0.3) is 0 Å². The first-order valence-electron chi connectivity index (χ1n) is 5.97. The number of carbonyl (C=O) groups is 2. The van der Waals surface area contributed by atoms with Crippen molar-refractivity contribution >= 4 is 23.4 Å². The minimum Gasteiger partial charge on any atom is -0.370 e. The van der Waals surface area contributed by atoms with Gasteiger partial charge in [-0.1, -0.05) is 23.7 Å². The molecule has 1 aromatic carbocycles. The number of hydrogen-bond donors (Lipinski definition) is 3. The average molecular weight is 284 g/mol. The largest absolute Gasteiger partial charge is 0.370 e. The number of hydrogen-bond acceptors (Lipinski definition) is 3. The predicted molar refractivity (Wildman–Crippen MR) is 74.5 cm³/mol. The Morgan fingerprint density at radius 3 is 2.42 bits per heavy atom. The molecule has 0 fully saturated rings. The Morgan fingerprint density at radius 1 is 1.32 bits per heavy atom. The molecule has 0 saturated carbocycles. The summed E-state index contributed by atoms with van der Waals surface area (Å²) in [4.78, 5) is 22.3. The molecule has 5 N–H and O–H groups in total. The van der Waals surface area contributed by atoms with Crippen LogP contribution >= 0.6 is 11.6 Å². The van der Waals surface area contributed by atoms with Crippen molar-refractivity contribution in [1.29, 1.82) is 0 Å². The Balaban J connectivity index is 2.46. The van der Waals surface area contributed by atoms with Crippen LogP contribution in [0.5, 0.6) is 0 Å². The molecule has 2 atom stereocenters. The molecule has 0 bridgehead atoms. The Hall–Kier alpha value is -1.59. The smallest absolute Gasteiger partial charge is 0.237 e. The summed E-state index contributed by atoms with van der Waals surface area (Å²) < 4.78 is 0. The third-order valence-electron chi connectivity index (χ3n) is 2.60. The molecule has 1 rings (SSSR count). The van der Waals surface area contributed by atoms with Crippen molar-refractivity contribution in [3.8, 4) is 0 Å². The van der Waals surface area contributed by atoms with Gasteiger partial charge in [-0.3, -0.25) is 9.59 Å². The van der Waals surface area contributed by atoms with Gasteiger partial charge in [-0.25, -0.2) is 0 Å². The Labute approximate surface area is 117 Å². The van der Waals surface area contributed by atoms with Gasteiger partial charge in [0, 0.05) is 11.1 Å². The molecule has 0 radical (unpaired) electrons. The monoisotopic (exact) mass is 283 g/mol. The number of nitrogens with one attached hydrogen (secondary N) is 1. The van der Waals surface area contributed by atoms with Crippen LogP contribution in [0.1, 0.15) is 18.9 Å². The zero-order valence-electron chi connectivity index (χ0n) is 10.7. The fraction of sp³-hybridized carbons (Fsp3) is 0.385. The molecule has 0 aromatic heterocycles. The van der Waals surface area contributed by atoms with Gasteiger partial charge < -0.3 is 16.8 Å². The highest BCUT2D eigenvalue weighted by Gasteiger charge is 2.17. The second kappa shape index (κ2) is 7.11. The number of benzene rings is 1. The molecular formula is C13H18ClN3O2. The van der Waals surface area contributed by atoms with Gasteiger partial charge >= 0.3 is 0 Å². The number of carbonyl (C=O) groups excluding carboxylic acids is 2. The van der Waals surface area contributed by atoms with E-state index in [0.29, 0.717) is 11.4 Å². The van der Waals surface area contributed by atoms with Gasteiger partial charge in [-0.05, 0) is 31.0 Å². The third kappa shape index (κ3) is 5.72. The van der Waals surface area contributed by atoms with Gasteiger partial charge in [0.05, 0.1) is 12.5 Å². The number of nitrogens with two attached hydrogens (primary N) is 2. The first-order chi connectivity index (χ1) is 8.88. The SMILES string of the molecule is CC(Cc1ccc(Cl)cc1)NC(=O)C(N)CC(N)=O. The molecule has 0 aliphatic carbocycles. The lowest BCUT2D eigenvalue weighted by atomic mass is 10.1. The van der Waals surface area contributed by atoms with E-state index < -0.39 is 11.9 Å². The fourth-order valence-electron chi connectivity index (χ4n) is 1.68. The van der Waals surface area contributed by atoms with E-state index in [1.165, 1.54) is 0 Å². The summed E-state index contributed by atoms with van der Waals surface area (Å²) in [5, 5.41) is 3.41. The summed E-state index contributed by atoms with van der Waals surface area (Å²) in [6.45, 7) is 1.86. The van der Waals surface area contributed by atoms with Crippen LogP contribution in [-0.4, -0.2) is 23.9 Å². The van der Waals surface area contributed by atoms with Crippen LogP contribution in [0, 0.1) is 0 Å². The molecule has 5 nitrogen and oxygen atoms in total. The quantitative estimate of drug-likeness (QED) is 0.712.